The summed E-state index contributed by atoms with van der Waals surface area (Å²) < 4.78 is 31.1. The molecule has 2 aliphatic heterocycles. The number of alkyl halides is 2. The summed E-state index contributed by atoms with van der Waals surface area (Å²) in [5, 5.41) is 0. The highest BCUT2D eigenvalue weighted by atomic mass is 19.3. The van der Waals surface area contributed by atoms with E-state index in [9.17, 15) is 13.6 Å². The number of carbonyl (C=O) groups is 1. The average Bonchev–Trinajstić information content (AvgIpc) is 2.34. The van der Waals surface area contributed by atoms with E-state index in [1.807, 2.05) is 0 Å². The molecule has 0 aliphatic carbocycles. The highest BCUT2D eigenvalue weighted by Crippen LogP contribution is 2.33. The Morgan fingerprint density at radius 3 is 3.08 bits per heavy atom. The van der Waals surface area contributed by atoms with Gasteiger partial charge >= 0.3 is 6.09 Å². The maximum Gasteiger partial charge on any atom is 0.410 e. The van der Waals surface area contributed by atoms with Gasteiger partial charge in [-0.25, -0.2) is 13.6 Å². The van der Waals surface area contributed by atoms with Gasteiger partial charge in [-0.2, -0.15) is 0 Å². The first-order valence-electron chi connectivity index (χ1n) is 4.07. The van der Waals surface area contributed by atoms with Crippen molar-refractivity contribution < 1.29 is 18.3 Å². The zero-order valence-electron chi connectivity index (χ0n) is 6.87. The number of nitrogens with zero attached hydrogens (tertiary/aromatic N) is 1. The molecule has 0 aromatic carbocycles. The van der Waals surface area contributed by atoms with Gasteiger partial charge in [0.05, 0.1) is 0 Å². The first kappa shape index (κ1) is 8.47. The zero-order valence-corrected chi connectivity index (χ0v) is 6.87. The lowest BCUT2D eigenvalue weighted by Crippen LogP contribution is -2.45. The molecule has 1 fully saturated rings. The number of hydrogen-bond acceptors (Lipinski definition) is 2. The van der Waals surface area contributed by atoms with Gasteiger partial charge in [0, 0.05) is 13.0 Å². The summed E-state index contributed by atoms with van der Waals surface area (Å²) in [6, 6.07) is -1.09. The molecule has 0 aromatic rings. The summed E-state index contributed by atoms with van der Waals surface area (Å²) >= 11 is 0. The van der Waals surface area contributed by atoms with Crippen molar-refractivity contribution in [1.29, 1.82) is 0 Å². The fourth-order valence-corrected chi connectivity index (χ4v) is 1.57. The van der Waals surface area contributed by atoms with Gasteiger partial charge in [0.25, 0.3) is 5.92 Å². The molecule has 0 unspecified atom stereocenters. The van der Waals surface area contributed by atoms with Crippen LogP contribution in [-0.4, -0.2) is 36.1 Å². The van der Waals surface area contributed by atoms with Crippen LogP contribution in [0.2, 0.25) is 0 Å². The lowest BCUT2D eigenvalue weighted by Gasteiger charge is -2.24. The molecule has 1 atom stereocenters. The van der Waals surface area contributed by atoms with E-state index in [1.54, 1.807) is 6.08 Å². The van der Waals surface area contributed by atoms with Crippen LogP contribution in [0, 0.1) is 0 Å². The molecule has 0 radical (unpaired) electrons. The monoisotopic (exact) mass is 189 g/mol. The van der Waals surface area contributed by atoms with Crippen molar-refractivity contribution >= 4 is 6.09 Å². The maximum absolute atomic E-state index is 13.3. The molecule has 0 bridgehead atoms. The summed E-state index contributed by atoms with van der Waals surface area (Å²) in [5.74, 6) is -2.86. The molecule has 0 spiro atoms. The SMILES string of the molecule is O=C1OC[C@H]2N1CC=CCC2(F)F. The van der Waals surface area contributed by atoms with Crippen LogP contribution < -0.4 is 0 Å². The largest absolute Gasteiger partial charge is 0.447 e. The van der Waals surface area contributed by atoms with Crippen molar-refractivity contribution in [2.75, 3.05) is 13.2 Å². The molecular formula is C8H9F2NO2. The van der Waals surface area contributed by atoms with Crippen molar-refractivity contribution in [2.24, 2.45) is 0 Å². The Kier molecular flexibility index (Phi) is 1.75. The second kappa shape index (κ2) is 2.68. The summed E-state index contributed by atoms with van der Waals surface area (Å²) in [6.07, 6.45) is 2.02. The zero-order chi connectivity index (χ0) is 9.47. The fraction of sp³-hybridized carbons (Fsp3) is 0.625. The molecule has 13 heavy (non-hydrogen) atoms. The Balaban J connectivity index is 2.27. The quantitative estimate of drug-likeness (QED) is 0.539. The first-order chi connectivity index (χ1) is 6.11. The van der Waals surface area contributed by atoms with E-state index in [2.05, 4.69) is 4.74 Å². The van der Waals surface area contributed by atoms with Crippen LogP contribution in [0.4, 0.5) is 13.6 Å². The van der Waals surface area contributed by atoms with Crippen LogP contribution >= 0.6 is 0 Å². The van der Waals surface area contributed by atoms with Gasteiger partial charge in [-0.15, -0.1) is 0 Å². The van der Waals surface area contributed by atoms with Gasteiger partial charge in [-0.3, -0.25) is 4.90 Å². The van der Waals surface area contributed by atoms with Crippen LogP contribution in [0.25, 0.3) is 0 Å². The van der Waals surface area contributed by atoms with E-state index in [4.69, 9.17) is 0 Å². The van der Waals surface area contributed by atoms with Gasteiger partial charge in [0.2, 0.25) is 0 Å². The molecule has 2 heterocycles. The summed E-state index contributed by atoms with van der Waals surface area (Å²) in [6.45, 7) is 0.0204. The molecule has 0 saturated carbocycles. The number of cyclic esters (lactones) is 1. The van der Waals surface area contributed by atoms with Crippen molar-refractivity contribution in [3.05, 3.63) is 12.2 Å². The molecule has 0 aromatic heterocycles. The maximum atomic E-state index is 13.3. The molecule has 2 rings (SSSR count). The Bertz CT molecular complexity index is 265. The molecule has 3 nitrogen and oxygen atoms in total. The van der Waals surface area contributed by atoms with Gasteiger partial charge < -0.3 is 4.74 Å². The fourth-order valence-electron chi connectivity index (χ4n) is 1.57. The number of ether oxygens (including phenoxy) is 1. The minimum atomic E-state index is -2.86. The van der Waals surface area contributed by atoms with Crippen LogP contribution in [0.5, 0.6) is 0 Å². The van der Waals surface area contributed by atoms with E-state index < -0.39 is 18.1 Å². The second-order valence-electron chi connectivity index (χ2n) is 3.18. The summed E-state index contributed by atoms with van der Waals surface area (Å²) in [4.78, 5) is 12.1. The van der Waals surface area contributed by atoms with E-state index in [-0.39, 0.29) is 19.6 Å². The highest BCUT2D eigenvalue weighted by molar-refractivity contribution is 5.70. The van der Waals surface area contributed by atoms with Crippen molar-refractivity contribution in [3.63, 3.8) is 0 Å². The Morgan fingerprint density at radius 2 is 2.31 bits per heavy atom. The lowest BCUT2D eigenvalue weighted by molar-refractivity contribution is -0.0536. The Hall–Kier alpha value is -1.13. The van der Waals surface area contributed by atoms with Crippen molar-refractivity contribution in [2.45, 2.75) is 18.4 Å². The van der Waals surface area contributed by atoms with E-state index in [0.717, 1.165) is 4.90 Å². The highest BCUT2D eigenvalue weighted by Gasteiger charge is 2.49. The molecular weight excluding hydrogens is 180 g/mol. The number of fused-ring (bicyclic) bond motifs is 1. The van der Waals surface area contributed by atoms with Gasteiger partial charge in [0.1, 0.15) is 12.6 Å². The molecule has 0 N–H and O–H groups in total. The number of amides is 1. The van der Waals surface area contributed by atoms with Gasteiger partial charge in [-0.05, 0) is 0 Å². The molecule has 1 amide bonds. The molecule has 2 aliphatic rings. The molecule has 5 heteroatoms. The minimum Gasteiger partial charge on any atom is -0.447 e. The Labute approximate surface area is 74.0 Å². The third kappa shape index (κ3) is 1.28. The van der Waals surface area contributed by atoms with E-state index in [0.29, 0.717) is 0 Å². The lowest BCUT2D eigenvalue weighted by atomic mass is 10.1. The number of halogens is 2. The number of carbonyl (C=O) groups excluding carboxylic acids is 1. The predicted octanol–water partition coefficient (Wildman–Crippen LogP) is 1.40. The summed E-state index contributed by atoms with van der Waals surface area (Å²) in [7, 11) is 0. The van der Waals surface area contributed by atoms with Crippen molar-refractivity contribution in [1.82, 2.24) is 4.90 Å². The first-order valence-corrected chi connectivity index (χ1v) is 4.07. The smallest absolute Gasteiger partial charge is 0.410 e. The van der Waals surface area contributed by atoms with Crippen LogP contribution in [-0.2, 0) is 4.74 Å². The van der Waals surface area contributed by atoms with Crippen LogP contribution in [0.3, 0.4) is 0 Å². The minimum absolute atomic E-state index is 0.201. The summed E-state index contributed by atoms with van der Waals surface area (Å²) in [5.41, 5.74) is 0. The third-order valence-electron chi connectivity index (χ3n) is 2.32. The number of hydrogen-bond donors (Lipinski definition) is 0. The Morgan fingerprint density at radius 1 is 1.54 bits per heavy atom. The normalized spacial score (nSPS) is 31.1. The second-order valence-corrected chi connectivity index (χ2v) is 3.18. The van der Waals surface area contributed by atoms with Gasteiger partial charge in [0.15, 0.2) is 0 Å². The third-order valence-corrected chi connectivity index (χ3v) is 2.32. The standard InChI is InChI=1S/C8H9F2NO2/c9-8(10)3-1-2-4-11-6(8)5-13-7(11)12/h1-2,6H,3-5H2/t6-/m1/s1. The molecule has 72 valence electrons. The van der Waals surface area contributed by atoms with E-state index >= 15 is 0 Å². The van der Waals surface area contributed by atoms with Gasteiger partial charge in [-0.1, -0.05) is 12.2 Å². The number of rotatable bonds is 0. The van der Waals surface area contributed by atoms with Crippen LogP contribution in [0.15, 0.2) is 12.2 Å². The topological polar surface area (TPSA) is 29.5 Å². The molecule has 1 saturated heterocycles. The number of allylic oxidation sites excluding steroid dienone is 1. The van der Waals surface area contributed by atoms with Crippen LogP contribution in [0.1, 0.15) is 6.42 Å². The average molecular weight is 189 g/mol. The van der Waals surface area contributed by atoms with Crippen molar-refractivity contribution in [3.8, 4) is 0 Å². The predicted molar refractivity (Wildman–Crippen MR) is 40.5 cm³/mol. The van der Waals surface area contributed by atoms with E-state index in [1.165, 1.54) is 6.08 Å².